The Morgan fingerprint density at radius 3 is 1.50 bits per heavy atom. The van der Waals surface area contributed by atoms with Crippen LogP contribution in [0.15, 0.2) is 48.5 Å². The molecule has 0 aliphatic carbocycles. The minimum atomic E-state index is -0.367. The molecule has 26 heavy (non-hydrogen) atoms. The summed E-state index contributed by atoms with van der Waals surface area (Å²) in [6, 6.07) is 13.4. The van der Waals surface area contributed by atoms with Crippen molar-refractivity contribution < 1.29 is 19.1 Å². The van der Waals surface area contributed by atoms with Crippen molar-refractivity contribution in [2.24, 2.45) is 0 Å². The molecule has 0 heterocycles. The van der Waals surface area contributed by atoms with Crippen LogP contribution >= 0.6 is 0 Å². The number of benzene rings is 2. The second-order valence-corrected chi connectivity index (χ2v) is 5.94. The first-order chi connectivity index (χ1) is 12.6. The van der Waals surface area contributed by atoms with Crippen LogP contribution in [0.2, 0.25) is 0 Å². The highest BCUT2D eigenvalue weighted by Gasteiger charge is 2.08. The maximum atomic E-state index is 11.8. The molecule has 0 aliphatic rings. The van der Waals surface area contributed by atoms with Crippen LogP contribution in [0.5, 0.6) is 0 Å². The first kappa shape index (κ1) is 19.3. The minimum Gasteiger partial charge on any atom is -0.462 e. The number of nitrogen functional groups attached to an aromatic ring is 2. The normalized spacial score (nSPS) is 10.3. The molecule has 6 heteroatoms. The summed E-state index contributed by atoms with van der Waals surface area (Å²) in [5, 5.41) is 0. The molecule has 0 aromatic heterocycles. The molecule has 0 saturated heterocycles. The molecular weight excluding hydrogens is 332 g/mol. The van der Waals surface area contributed by atoms with Gasteiger partial charge in [0.05, 0.1) is 24.3 Å². The molecule has 0 saturated carbocycles. The SMILES string of the molecule is Nc1cccc(C(=O)OCCCCCCOC(=O)c2cccc(N)c2)c1. The van der Waals surface area contributed by atoms with Gasteiger partial charge in [0, 0.05) is 11.4 Å². The number of rotatable bonds is 9. The third-order valence-electron chi connectivity index (χ3n) is 3.75. The molecule has 4 N–H and O–H groups in total. The first-order valence-corrected chi connectivity index (χ1v) is 8.61. The summed E-state index contributed by atoms with van der Waals surface area (Å²) in [6.07, 6.45) is 3.30. The Morgan fingerprint density at radius 1 is 0.692 bits per heavy atom. The zero-order valence-electron chi connectivity index (χ0n) is 14.6. The van der Waals surface area contributed by atoms with E-state index in [1.165, 1.54) is 0 Å². The number of carbonyl (C=O) groups excluding carboxylic acids is 2. The summed E-state index contributed by atoms with van der Waals surface area (Å²) >= 11 is 0. The minimum absolute atomic E-state index is 0.358. The monoisotopic (exact) mass is 356 g/mol. The fourth-order valence-electron chi connectivity index (χ4n) is 2.39. The van der Waals surface area contributed by atoms with Gasteiger partial charge in [-0.15, -0.1) is 0 Å². The van der Waals surface area contributed by atoms with E-state index >= 15 is 0 Å². The molecule has 138 valence electrons. The lowest BCUT2D eigenvalue weighted by Gasteiger charge is -2.07. The van der Waals surface area contributed by atoms with Gasteiger partial charge in [0.25, 0.3) is 0 Å². The number of unbranched alkanes of at least 4 members (excludes halogenated alkanes) is 3. The molecule has 0 aliphatic heterocycles. The van der Waals surface area contributed by atoms with E-state index in [0.717, 1.165) is 25.7 Å². The summed E-state index contributed by atoms with van der Waals surface area (Å²) in [4.78, 5) is 23.6. The van der Waals surface area contributed by atoms with Crippen LogP contribution in [0.3, 0.4) is 0 Å². The second kappa shape index (κ2) is 10.1. The van der Waals surface area contributed by atoms with Crippen LogP contribution in [0.25, 0.3) is 0 Å². The molecule has 0 atom stereocenters. The van der Waals surface area contributed by atoms with E-state index in [1.54, 1.807) is 48.5 Å². The predicted octanol–water partition coefficient (Wildman–Crippen LogP) is 3.43. The van der Waals surface area contributed by atoms with Crippen molar-refractivity contribution >= 4 is 23.3 Å². The lowest BCUT2D eigenvalue weighted by molar-refractivity contribution is 0.0474. The molecule has 2 aromatic rings. The number of nitrogens with two attached hydrogens (primary N) is 2. The quantitative estimate of drug-likeness (QED) is 0.405. The molecule has 0 amide bonds. The van der Waals surface area contributed by atoms with Gasteiger partial charge in [-0.05, 0) is 62.1 Å². The third kappa shape index (κ3) is 6.47. The van der Waals surface area contributed by atoms with E-state index in [2.05, 4.69) is 0 Å². The maximum Gasteiger partial charge on any atom is 0.338 e. The highest BCUT2D eigenvalue weighted by atomic mass is 16.5. The van der Waals surface area contributed by atoms with Crippen molar-refractivity contribution in [3.63, 3.8) is 0 Å². The van der Waals surface area contributed by atoms with E-state index in [1.807, 2.05) is 0 Å². The molecule has 0 bridgehead atoms. The fourth-order valence-corrected chi connectivity index (χ4v) is 2.39. The zero-order valence-corrected chi connectivity index (χ0v) is 14.6. The summed E-state index contributed by atoms with van der Waals surface area (Å²) in [7, 11) is 0. The van der Waals surface area contributed by atoms with Crippen molar-refractivity contribution in [1.29, 1.82) is 0 Å². The molecule has 0 unspecified atom stereocenters. The van der Waals surface area contributed by atoms with Gasteiger partial charge >= 0.3 is 11.9 Å². The van der Waals surface area contributed by atoms with Crippen molar-refractivity contribution in [3.8, 4) is 0 Å². The summed E-state index contributed by atoms with van der Waals surface area (Å²) in [5.74, 6) is -0.735. The van der Waals surface area contributed by atoms with E-state index < -0.39 is 0 Å². The van der Waals surface area contributed by atoms with Crippen molar-refractivity contribution in [2.45, 2.75) is 25.7 Å². The molecular formula is C20H24N2O4. The summed E-state index contributed by atoms with van der Waals surface area (Å²) < 4.78 is 10.4. The lowest BCUT2D eigenvalue weighted by Crippen LogP contribution is -2.08. The molecule has 6 nitrogen and oxygen atoms in total. The zero-order chi connectivity index (χ0) is 18.8. The van der Waals surface area contributed by atoms with Gasteiger partial charge in [-0.25, -0.2) is 9.59 Å². The van der Waals surface area contributed by atoms with Gasteiger partial charge in [-0.3, -0.25) is 0 Å². The topological polar surface area (TPSA) is 105 Å². The Labute approximate surface area is 153 Å². The first-order valence-electron chi connectivity index (χ1n) is 8.61. The van der Waals surface area contributed by atoms with E-state index in [-0.39, 0.29) is 11.9 Å². The Kier molecular flexibility index (Phi) is 7.49. The average Bonchev–Trinajstić information content (AvgIpc) is 2.63. The van der Waals surface area contributed by atoms with Gasteiger partial charge in [0.2, 0.25) is 0 Å². The second-order valence-electron chi connectivity index (χ2n) is 5.94. The molecule has 2 rings (SSSR count). The molecule has 0 radical (unpaired) electrons. The Hall–Kier alpha value is -3.02. The van der Waals surface area contributed by atoms with Gasteiger partial charge in [0.15, 0.2) is 0 Å². The van der Waals surface area contributed by atoms with Crippen LogP contribution in [0, 0.1) is 0 Å². The van der Waals surface area contributed by atoms with Crippen molar-refractivity contribution in [1.82, 2.24) is 0 Å². The van der Waals surface area contributed by atoms with Crippen LogP contribution in [-0.4, -0.2) is 25.2 Å². The van der Waals surface area contributed by atoms with Crippen LogP contribution in [-0.2, 0) is 9.47 Å². The average molecular weight is 356 g/mol. The number of ether oxygens (including phenoxy) is 2. The lowest BCUT2D eigenvalue weighted by atomic mass is 10.2. The van der Waals surface area contributed by atoms with Crippen molar-refractivity contribution in [3.05, 3.63) is 59.7 Å². The molecule has 0 fully saturated rings. The third-order valence-corrected chi connectivity index (χ3v) is 3.75. The highest BCUT2D eigenvalue weighted by molar-refractivity contribution is 5.90. The number of hydrogen-bond acceptors (Lipinski definition) is 6. The Bertz CT molecular complexity index is 683. The number of carbonyl (C=O) groups is 2. The van der Waals surface area contributed by atoms with Crippen LogP contribution in [0.4, 0.5) is 11.4 Å². The van der Waals surface area contributed by atoms with Gasteiger partial charge in [-0.2, -0.15) is 0 Å². The fraction of sp³-hybridized carbons (Fsp3) is 0.300. The van der Waals surface area contributed by atoms with E-state index in [0.29, 0.717) is 35.7 Å². The van der Waals surface area contributed by atoms with Crippen LogP contribution in [0.1, 0.15) is 46.4 Å². The van der Waals surface area contributed by atoms with E-state index in [4.69, 9.17) is 20.9 Å². The van der Waals surface area contributed by atoms with Crippen LogP contribution < -0.4 is 11.5 Å². The summed E-state index contributed by atoms with van der Waals surface area (Å²) in [5.41, 5.74) is 13.3. The molecule has 2 aromatic carbocycles. The van der Waals surface area contributed by atoms with Gasteiger partial charge < -0.3 is 20.9 Å². The molecule has 0 spiro atoms. The van der Waals surface area contributed by atoms with Gasteiger partial charge in [0.1, 0.15) is 0 Å². The smallest absolute Gasteiger partial charge is 0.338 e. The Morgan fingerprint density at radius 2 is 1.12 bits per heavy atom. The summed E-state index contributed by atoms with van der Waals surface area (Å²) in [6.45, 7) is 0.716. The van der Waals surface area contributed by atoms with Gasteiger partial charge in [-0.1, -0.05) is 12.1 Å². The number of hydrogen-bond donors (Lipinski definition) is 2. The number of esters is 2. The largest absolute Gasteiger partial charge is 0.462 e. The number of anilines is 2. The van der Waals surface area contributed by atoms with Crippen molar-refractivity contribution in [2.75, 3.05) is 24.7 Å². The van der Waals surface area contributed by atoms with E-state index in [9.17, 15) is 9.59 Å². The Balaban J connectivity index is 1.53. The standard InChI is InChI=1S/C20H24N2O4/c21-17-9-5-7-15(13-17)19(23)25-11-3-1-2-4-12-26-20(24)16-8-6-10-18(22)14-16/h5-10,13-14H,1-4,11-12,21-22H2. The predicted molar refractivity (Wildman–Crippen MR) is 101 cm³/mol. The maximum absolute atomic E-state index is 11.8. The highest BCUT2D eigenvalue weighted by Crippen LogP contribution is 2.10.